The number of hydrogen-bond acceptors (Lipinski definition) is 2. The Morgan fingerprint density at radius 3 is 2.57 bits per heavy atom. The minimum absolute atomic E-state index is 0.180. The first-order chi connectivity index (χ1) is 6.74. The molecule has 72 valence electrons. The quantitative estimate of drug-likeness (QED) is 0.489. The number of amides is 2. The lowest BCUT2D eigenvalue weighted by Crippen LogP contribution is -2.25. The van der Waals surface area contributed by atoms with E-state index in [1.165, 1.54) is 6.08 Å². The van der Waals surface area contributed by atoms with E-state index in [1.54, 1.807) is 0 Å². The van der Waals surface area contributed by atoms with E-state index in [0.717, 1.165) is 12.8 Å². The minimum atomic E-state index is -0.253. The van der Waals surface area contributed by atoms with Crippen LogP contribution in [0.3, 0.4) is 0 Å². The highest BCUT2D eigenvalue weighted by Crippen LogP contribution is 2.47. The van der Waals surface area contributed by atoms with Crippen molar-refractivity contribution in [2.75, 3.05) is 0 Å². The van der Waals surface area contributed by atoms with Crippen molar-refractivity contribution in [3.8, 4) is 0 Å². The van der Waals surface area contributed by atoms with Gasteiger partial charge < -0.3 is 0 Å². The molecule has 1 N–H and O–H groups in total. The van der Waals surface area contributed by atoms with Crippen LogP contribution in [-0.2, 0) is 9.59 Å². The van der Waals surface area contributed by atoms with E-state index in [4.69, 9.17) is 0 Å². The van der Waals surface area contributed by atoms with Crippen molar-refractivity contribution in [2.24, 2.45) is 17.8 Å². The van der Waals surface area contributed by atoms with Crippen molar-refractivity contribution in [3.63, 3.8) is 0 Å². The van der Waals surface area contributed by atoms with E-state index in [-0.39, 0.29) is 17.7 Å². The summed E-state index contributed by atoms with van der Waals surface area (Å²) in [7, 11) is 0. The first kappa shape index (κ1) is 7.97. The molecule has 1 fully saturated rings. The SMILES string of the molecule is O=C1C=C(C2CC3C=CC2C3)C(=O)N1. The first-order valence-electron chi connectivity index (χ1n) is 4.99. The second kappa shape index (κ2) is 2.56. The maximum atomic E-state index is 11.4. The molecule has 3 unspecified atom stereocenters. The van der Waals surface area contributed by atoms with Gasteiger partial charge >= 0.3 is 0 Å². The Morgan fingerprint density at radius 1 is 1.21 bits per heavy atom. The van der Waals surface area contributed by atoms with Crippen LogP contribution in [-0.4, -0.2) is 11.8 Å². The lowest BCUT2D eigenvalue weighted by molar-refractivity contribution is -0.124. The highest BCUT2D eigenvalue weighted by molar-refractivity contribution is 6.16. The second-order valence-electron chi connectivity index (χ2n) is 4.30. The zero-order chi connectivity index (χ0) is 9.71. The monoisotopic (exact) mass is 189 g/mol. The molecule has 14 heavy (non-hydrogen) atoms. The molecule has 3 rings (SSSR count). The summed E-state index contributed by atoms with van der Waals surface area (Å²) in [6.07, 6.45) is 8.09. The molecule has 0 radical (unpaired) electrons. The van der Waals surface area contributed by atoms with Gasteiger partial charge in [-0.3, -0.25) is 14.9 Å². The van der Waals surface area contributed by atoms with Gasteiger partial charge in [0.25, 0.3) is 11.8 Å². The van der Waals surface area contributed by atoms with Gasteiger partial charge in [0.1, 0.15) is 0 Å². The normalized spacial score (nSPS) is 39.1. The molecule has 0 aromatic carbocycles. The van der Waals surface area contributed by atoms with E-state index in [1.807, 2.05) is 0 Å². The Bertz CT molecular complexity index is 381. The number of imide groups is 1. The zero-order valence-electron chi connectivity index (χ0n) is 7.69. The van der Waals surface area contributed by atoms with E-state index in [2.05, 4.69) is 17.5 Å². The third-order valence-electron chi connectivity index (χ3n) is 3.46. The molecule has 1 aliphatic heterocycles. The van der Waals surface area contributed by atoms with Crippen LogP contribution in [0.2, 0.25) is 0 Å². The Balaban J connectivity index is 1.90. The highest BCUT2D eigenvalue weighted by Gasteiger charge is 2.41. The van der Waals surface area contributed by atoms with Crippen LogP contribution in [0.25, 0.3) is 0 Å². The average molecular weight is 189 g/mol. The number of carbonyl (C=O) groups excluding carboxylic acids is 2. The lowest BCUT2D eigenvalue weighted by atomic mass is 9.86. The third kappa shape index (κ3) is 0.983. The molecule has 3 atom stereocenters. The van der Waals surface area contributed by atoms with Crippen LogP contribution >= 0.6 is 0 Å². The molecule has 2 amide bonds. The van der Waals surface area contributed by atoms with Crippen molar-refractivity contribution < 1.29 is 9.59 Å². The second-order valence-corrected chi connectivity index (χ2v) is 4.30. The van der Waals surface area contributed by atoms with E-state index >= 15 is 0 Å². The van der Waals surface area contributed by atoms with Gasteiger partial charge in [-0.1, -0.05) is 12.2 Å². The minimum Gasteiger partial charge on any atom is -0.289 e. The molecule has 1 saturated carbocycles. The van der Waals surface area contributed by atoms with Gasteiger partial charge in [0.2, 0.25) is 0 Å². The molecular formula is C11H11NO2. The Kier molecular flexibility index (Phi) is 1.46. The van der Waals surface area contributed by atoms with Crippen molar-refractivity contribution in [1.29, 1.82) is 0 Å². The Hall–Kier alpha value is -1.38. The fourth-order valence-electron chi connectivity index (χ4n) is 2.84. The molecule has 0 spiro atoms. The van der Waals surface area contributed by atoms with Gasteiger partial charge in [-0.2, -0.15) is 0 Å². The molecule has 3 aliphatic rings. The summed E-state index contributed by atoms with van der Waals surface area (Å²) >= 11 is 0. The van der Waals surface area contributed by atoms with E-state index < -0.39 is 0 Å². The average Bonchev–Trinajstić information content (AvgIpc) is 2.79. The third-order valence-corrected chi connectivity index (χ3v) is 3.46. The van der Waals surface area contributed by atoms with Gasteiger partial charge in [-0.25, -0.2) is 0 Å². The summed E-state index contributed by atoms with van der Waals surface area (Å²) in [5.41, 5.74) is 0.701. The maximum Gasteiger partial charge on any atom is 0.254 e. The topological polar surface area (TPSA) is 46.2 Å². The molecule has 0 saturated heterocycles. The predicted molar refractivity (Wildman–Crippen MR) is 50.1 cm³/mol. The van der Waals surface area contributed by atoms with Crippen molar-refractivity contribution >= 4 is 11.8 Å². The number of carbonyl (C=O) groups is 2. The summed E-state index contributed by atoms with van der Waals surface area (Å²) in [5.74, 6) is 0.978. The largest absolute Gasteiger partial charge is 0.289 e. The van der Waals surface area contributed by atoms with Gasteiger partial charge in [0.15, 0.2) is 0 Å². The van der Waals surface area contributed by atoms with Crippen molar-refractivity contribution in [2.45, 2.75) is 12.8 Å². The number of rotatable bonds is 1. The maximum absolute atomic E-state index is 11.4. The summed E-state index contributed by atoms with van der Waals surface area (Å²) in [6, 6.07) is 0. The van der Waals surface area contributed by atoms with Gasteiger partial charge in [-0.05, 0) is 30.6 Å². The highest BCUT2D eigenvalue weighted by atomic mass is 16.2. The Labute approximate surface area is 81.9 Å². The molecule has 2 aliphatic carbocycles. The molecule has 3 nitrogen and oxygen atoms in total. The van der Waals surface area contributed by atoms with Crippen LogP contribution in [0.5, 0.6) is 0 Å². The number of nitrogens with one attached hydrogen (secondary N) is 1. The fourth-order valence-corrected chi connectivity index (χ4v) is 2.84. The van der Waals surface area contributed by atoms with Crippen LogP contribution < -0.4 is 5.32 Å². The molecule has 2 bridgehead atoms. The van der Waals surface area contributed by atoms with Gasteiger partial charge in [-0.15, -0.1) is 0 Å². The molecule has 0 aromatic heterocycles. The molecule has 0 aromatic rings. The Morgan fingerprint density at radius 2 is 2.07 bits per heavy atom. The molecule has 3 heteroatoms. The van der Waals surface area contributed by atoms with E-state index in [9.17, 15) is 9.59 Å². The summed E-state index contributed by atoms with van der Waals surface area (Å²) in [5, 5.41) is 2.31. The van der Waals surface area contributed by atoms with Crippen LogP contribution in [0, 0.1) is 17.8 Å². The fraction of sp³-hybridized carbons (Fsp3) is 0.455. The van der Waals surface area contributed by atoms with Gasteiger partial charge in [0.05, 0.1) is 0 Å². The predicted octanol–water partition coefficient (Wildman–Crippen LogP) is 0.781. The number of allylic oxidation sites excluding steroid dienone is 2. The van der Waals surface area contributed by atoms with Crippen molar-refractivity contribution in [1.82, 2.24) is 5.32 Å². The molecule has 1 heterocycles. The standard InChI is InChI=1S/C11H11NO2/c13-10-5-9(11(14)12-10)8-4-6-1-2-7(8)3-6/h1-2,5-8H,3-4H2,(H,12,13,14). The first-order valence-corrected chi connectivity index (χ1v) is 4.99. The summed E-state index contributed by atoms with van der Waals surface area (Å²) in [4.78, 5) is 22.4. The summed E-state index contributed by atoms with van der Waals surface area (Å²) in [6.45, 7) is 0. The van der Waals surface area contributed by atoms with Crippen LogP contribution in [0.1, 0.15) is 12.8 Å². The number of hydrogen-bond donors (Lipinski definition) is 1. The van der Waals surface area contributed by atoms with Gasteiger partial charge in [0, 0.05) is 11.6 Å². The molecular weight excluding hydrogens is 178 g/mol. The van der Waals surface area contributed by atoms with E-state index in [0.29, 0.717) is 17.4 Å². The van der Waals surface area contributed by atoms with Crippen LogP contribution in [0.15, 0.2) is 23.8 Å². The zero-order valence-corrected chi connectivity index (χ0v) is 7.69. The summed E-state index contributed by atoms with van der Waals surface area (Å²) < 4.78 is 0. The van der Waals surface area contributed by atoms with Crippen LogP contribution in [0.4, 0.5) is 0 Å². The lowest BCUT2D eigenvalue weighted by Gasteiger charge is -2.17. The smallest absolute Gasteiger partial charge is 0.254 e. The van der Waals surface area contributed by atoms with Crippen molar-refractivity contribution in [3.05, 3.63) is 23.8 Å². The number of fused-ring (bicyclic) bond motifs is 2.